The highest BCUT2D eigenvalue weighted by Crippen LogP contribution is 2.37. The van der Waals surface area contributed by atoms with E-state index in [1.54, 1.807) is 13.8 Å². The zero-order valence-electron chi connectivity index (χ0n) is 19.1. The molecule has 0 bridgehead atoms. The topological polar surface area (TPSA) is 84.2 Å². The maximum Gasteiger partial charge on any atom is 0.310 e. The van der Waals surface area contributed by atoms with Crippen LogP contribution in [0.3, 0.4) is 0 Å². The number of carboxylic acids is 1. The minimum Gasteiger partial charge on any atom is -0.481 e. The molecule has 1 atom stereocenters. The number of nitrogens with one attached hydrogen (secondary N) is 1. The SMILES string of the molecule is CC(C)(C(=O)O)C(Sc1nc2ccccc2n1Cc1ccccc1)C(=O)NCc1ccccc1. The monoisotopic (exact) mass is 473 g/mol. The van der Waals surface area contributed by atoms with Gasteiger partial charge in [0.05, 0.1) is 23.0 Å². The van der Waals surface area contributed by atoms with Gasteiger partial charge < -0.3 is 15.0 Å². The number of hydrogen-bond acceptors (Lipinski definition) is 4. The van der Waals surface area contributed by atoms with Crippen LogP contribution >= 0.6 is 11.8 Å². The van der Waals surface area contributed by atoms with Gasteiger partial charge in [-0.1, -0.05) is 84.6 Å². The number of rotatable bonds is 9. The second-order valence-electron chi connectivity index (χ2n) is 8.68. The summed E-state index contributed by atoms with van der Waals surface area (Å²) in [4.78, 5) is 30.3. The van der Waals surface area contributed by atoms with Crippen LogP contribution in [0, 0.1) is 5.41 Å². The molecule has 6 nitrogen and oxygen atoms in total. The van der Waals surface area contributed by atoms with Gasteiger partial charge in [-0.25, -0.2) is 4.98 Å². The molecule has 0 aliphatic heterocycles. The van der Waals surface area contributed by atoms with Gasteiger partial charge in [0.15, 0.2) is 5.16 Å². The Balaban J connectivity index is 1.68. The summed E-state index contributed by atoms with van der Waals surface area (Å²) in [6.07, 6.45) is 0. The minimum absolute atomic E-state index is 0.326. The number of hydrogen-bond donors (Lipinski definition) is 2. The third-order valence-electron chi connectivity index (χ3n) is 5.78. The van der Waals surface area contributed by atoms with Crippen molar-refractivity contribution in [2.45, 2.75) is 37.3 Å². The summed E-state index contributed by atoms with van der Waals surface area (Å²) < 4.78 is 2.05. The van der Waals surface area contributed by atoms with Gasteiger partial charge in [0, 0.05) is 6.54 Å². The molecule has 0 radical (unpaired) electrons. The summed E-state index contributed by atoms with van der Waals surface area (Å²) in [5.74, 6) is -1.37. The Morgan fingerprint density at radius 2 is 1.53 bits per heavy atom. The fourth-order valence-corrected chi connectivity index (χ4v) is 4.92. The van der Waals surface area contributed by atoms with Crippen molar-refractivity contribution in [3.05, 3.63) is 96.1 Å². The third kappa shape index (κ3) is 5.15. The normalized spacial score (nSPS) is 12.4. The lowest BCUT2D eigenvalue weighted by Gasteiger charge is -2.28. The van der Waals surface area contributed by atoms with E-state index in [9.17, 15) is 14.7 Å². The number of benzene rings is 3. The van der Waals surface area contributed by atoms with Crippen LogP contribution in [0.15, 0.2) is 90.1 Å². The molecule has 1 unspecified atom stereocenters. The Morgan fingerprint density at radius 1 is 0.941 bits per heavy atom. The van der Waals surface area contributed by atoms with Crippen molar-refractivity contribution < 1.29 is 14.7 Å². The number of imidazole rings is 1. The molecule has 0 aliphatic carbocycles. The summed E-state index contributed by atoms with van der Waals surface area (Å²) in [5.41, 5.74) is 2.46. The van der Waals surface area contributed by atoms with Crippen molar-refractivity contribution in [1.29, 1.82) is 0 Å². The molecule has 4 rings (SSSR count). The van der Waals surface area contributed by atoms with Crippen molar-refractivity contribution in [3.63, 3.8) is 0 Å². The van der Waals surface area contributed by atoms with E-state index < -0.39 is 16.6 Å². The molecular formula is C27H27N3O3S. The summed E-state index contributed by atoms with van der Waals surface area (Å²) in [5, 5.41) is 12.6. The predicted molar refractivity (Wildman–Crippen MR) is 135 cm³/mol. The van der Waals surface area contributed by atoms with Crippen molar-refractivity contribution in [1.82, 2.24) is 14.9 Å². The Kier molecular flexibility index (Phi) is 7.03. The minimum atomic E-state index is -1.32. The molecule has 0 fully saturated rings. The fourth-order valence-electron chi connectivity index (χ4n) is 3.69. The van der Waals surface area contributed by atoms with Crippen LogP contribution in [0.5, 0.6) is 0 Å². The summed E-state index contributed by atoms with van der Waals surface area (Å²) in [7, 11) is 0. The van der Waals surface area contributed by atoms with E-state index in [0.29, 0.717) is 18.2 Å². The molecule has 7 heteroatoms. The number of para-hydroxylation sites is 2. The lowest BCUT2D eigenvalue weighted by molar-refractivity contribution is -0.149. The van der Waals surface area contributed by atoms with Gasteiger partial charge in [0.2, 0.25) is 5.91 Å². The second-order valence-corrected chi connectivity index (χ2v) is 9.76. The van der Waals surface area contributed by atoms with E-state index in [2.05, 4.69) is 5.32 Å². The van der Waals surface area contributed by atoms with Crippen molar-refractivity contribution in [3.8, 4) is 0 Å². The van der Waals surface area contributed by atoms with E-state index in [-0.39, 0.29) is 5.91 Å². The van der Waals surface area contributed by atoms with E-state index in [1.807, 2.05) is 89.5 Å². The van der Waals surface area contributed by atoms with Crippen molar-refractivity contribution in [2.75, 3.05) is 0 Å². The Labute approximate surface area is 203 Å². The lowest BCUT2D eigenvalue weighted by Crippen LogP contribution is -2.45. The maximum absolute atomic E-state index is 13.3. The molecule has 2 N–H and O–H groups in total. The molecule has 0 aliphatic rings. The van der Waals surface area contributed by atoms with E-state index >= 15 is 0 Å². The molecule has 4 aromatic rings. The molecule has 1 aromatic heterocycles. The summed E-state index contributed by atoms with van der Waals surface area (Å²) in [6.45, 7) is 4.06. The van der Waals surface area contributed by atoms with Gasteiger partial charge in [-0.2, -0.15) is 0 Å². The second kappa shape index (κ2) is 10.1. The van der Waals surface area contributed by atoms with Gasteiger partial charge in [-0.15, -0.1) is 0 Å². The number of amides is 1. The van der Waals surface area contributed by atoms with E-state index in [0.717, 1.165) is 22.2 Å². The Morgan fingerprint density at radius 3 is 2.18 bits per heavy atom. The Hall–Kier alpha value is -3.58. The molecular weight excluding hydrogens is 446 g/mol. The van der Waals surface area contributed by atoms with E-state index in [4.69, 9.17) is 4.98 Å². The van der Waals surface area contributed by atoms with Crippen LogP contribution in [0.2, 0.25) is 0 Å². The first-order chi connectivity index (χ1) is 16.4. The average molecular weight is 474 g/mol. The van der Waals surface area contributed by atoms with Crippen LogP contribution < -0.4 is 5.32 Å². The standard InChI is InChI=1S/C27H27N3O3S/c1-27(2,25(32)33)23(24(31)28-17-19-11-5-3-6-12-19)34-26-29-21-15-9-10-16-22(21)30(26)18-20-13-7-4-8-14-20/h3-16,23H,17-18H2,1-2H3,(H,28,31)(H,32,33). The summed E-state index contributed by atoms with van der Waals surface area (Å²) >= 11 is 1.20. The van der Waals surface area contributed by atoms with Gasteiger partial charge in [-0.3, -0.25) is 9.59 Å². The largest absolute Gasteiger partial charge is 0.481 e. The fraction of sp³-hybridized carbons (Fsp3) is 0.222. The quantitative estimate of drug-likeness (QED) is 0.335. The Bertz CT molecular complexity index is 1290. The van der Waals surface area contributed by atoms with Crippen LogP contribution in [-0.2, 0) is 22.7 Å². The molecule has 174 valence electrons. The molecule has 0 saturated carbocycles. The molecule has 0 saturated heterocycles. The first-order valence-corrected chi connectivity index (χ1v) is 11.9. The predicted octanol–water partition coefficient (Wildman–Crippen LogP) is 4.97. The van der Waals surface area contributed by atoms with Gasteiger partial charge in [-0.05, 0) is 37.1 Å². The van der Waals surface area contributed by atoms with Crippen LogP contribution in [-0.4, -0.2) is 31.8 Å². The van der Waals surface area contributed by atoms with Gasteiger partial charge in [0.25, 0.3) is 0 Å². The zero-order chi connectivity index (χ0) is 24.1. The highest BCUT2D eigenvalue weighted by molar-refractivity contribution is 8.00. The molecule has 3 aromatic carbocycles. The number of carbonyl (C=O) groups excluding carboxylic acids is 1. The van der Waals surface area contributed by atoms with Crippen LogP contribution in [0.1, 0.15) is 25.0 Å². The number of aliphatic carboxylic acids is 1. The van der Waals surface area contributed by atoms with Crippen LogP contribution in [0.25, 0.3) is 11.0 Å². The molecule has 34 heavy (non-hydrogen) atoms. The van der Waals surface area contributed by atoms with Crippen LogP contribution in [0.4, 0.5) is 0 Å². The highest BCUT2D eigenvalue weighted by Gasteiger charge is 2.43. The van der Waals surface area contributed by atoms with Crippen molar-refractivity contribution >= 4 is 34.7 Å². The summed E-state index contributed by atoms with van der Waals surface area (Å²) in [6, 6.07) is 27.3. The lowest BCUT2D eigenvalue weighted by atomic mass is 9.88. The number of fused-ring (bicyclic) bond motifs is 1. The maximum atomic E-state index is 13.3. The number of thioether (sulfide) groups is 1. The first-order valence-electron chi connectivity index (χ1n) is 11.1. The molecule has 0 spiro atoms. The third-order valence-corrected chi connectivity index (χ3v) is 7.34. The first kappa shape index (κ1) is 23.6. The van der Waals surface area contributed by atoms with Gasteiger partial charge >= 0.3 is 5.97 Å². The molecule has 1 heterocycles. The smallest absolute Gasteiger partial charge is 0.310 e. The highest BCUT2D eigenvalue weighted by atomic mass is 32.2. The number of aromatic nitrogens is 2. The number of nitrogens with zero attached hydrogens (tertiary/aromatic N) is 2. The van der Waals surface area contributed by atoms with Gasteiger partial charge in [0.1, 0.15) is 5.25 Å². The zero-order valence-corrected chi connectivity index (χ0v) is 20.0. The molecule has 1 amide bonds. The number of carboxylic acid groups (broad SMARTS) is 1. The average Bonchev–Trinajstić information content (AvgIpc) is 3.19. The van der Waals surface area contributed by atoms with E-state index in [1.165, 1.54) is 11.8 Å². The van der Waals surface area contributed by atoms with Crippen molar-refractivity contribution in [2.24, 2.45) is 5.41 Å². The number of carbonyl (C=O) groups is 2.